The van der Waals surface area contributed by atoms with Crippen molar-refractivity contribution in [3.8, 4) is 0 Å². The fourth-order valence-corrected chi connectivity index (χ4v) is 12.2. The molecule has 3 N–H and O–H groups in total. The second kappa shape index (κ2) is 8.56. The summed E-state index contributed by atoms with van der Waals surface area (Å²) >= 11 is 7.49. The summed E-state index contributed by atoms with van der Waals surface area (Å²) in [4.78, 5) is 16.0. The number of aliphatic hydroxyl groups excluding tert-OH is 1. The lowest BCUT2D eigenvalue weighted by molar-refractivity contribution is -0.0403. The number of fused-ring (bicyclic) bond motifs is 1. The van der Waals surface area contributed by atoms with Gasteiger partial charge in [0.1, 0.15) is 18.0 Å². The van der Waals surface area contributed by atoms with E-state index in [1.54, 1.807) is 11.4 Å². The van der Waals surface area contributed by atoms with E-state index in [-0.39, 0.29) is 16.7 Å². The van der Waals surface area contributed by atoms with Crippen LogP contribution in [0, 0.1) is 5.92 Å². The summed E-state index contributed by atoms with van der Waals surface area (Å²) in [7, 11) is 0. The summed E-state index contributed by atoms with van der Waals surface area (Å²) in [6, 6.07) is 1.49. The third-order valence-corrected chi connectivity index (χ3v) is 12.3. The van der Waals surface area contributed by atoms with Crippen molar-refractivity contribution >= 4 is 34.7 Å². The number of hydrogen-bond acceptors (Lipinski definition) is 9. The van der Waals surface area contributed by atoms with Gasteiger partial charge in [0.25, 0.3) is 0 Å². The molecule has 1 aromatic heterocycles. The van der Waals surface area contributed by atoms with Crippen molar-refractivity contribution in [2.24, 2.45) is 5.92 Å². The first-order valence-electron chi connectivity index (χ1n) is 10.6. The largest absolute Gasteiger partial charge is 0.386 e. The highest BCUT2D eigenvalue weighted by Crippen LogP contribution is 2.76. The second-order valence-corrected chi connectivity index (χ2v) is 15.4. The summed E-state index contributed by atoms with van der Waals surface area (Å²) in [5, 5.41) is 11.0. The van der Waals surface area contributed by atoms with Crippen LogP contribution >= 0.6 is 17.1 Å². The normalized spacial score (nSPS) is 42.5. The molecule has 1 aromatic rings. The molecule has 1 aliphatic carbocycles. The van der Waals surface area contributed by atoms with E-state index in [9.17, 15) is 9.90 Å². The third kappa shape index (κ3) is 4.40. The third-order valence-electron chi connectivity index (χ3n) is 6.53. The van der Waals surface area contributed by atoms with Crippen LogP contribution < -0.4 is 11.4 Å². The number of nitrogens with two attached hydrogens (primary N) is 1. The fourth-order valence-electron chi connectivity index (χ4n) is 4.61. The maximum Gasteiger partial charge on any atom is 0.351 e. The molecule has 0 amide bonds. The van der Waals surface area contributed by atoms with Crippen molar-refractivity contribution in [2.75, 3.05) is 5.73 Å². The number of rotatable bonds is 5. The maximum atomic E-state index is 12.3. The summed E-state index contributed by atoms with van der Waals surface area (Å²) < 4.78 is 19.9. The van der Waals surface area contributed by atoms with Gasteiger partial charge >= 0.3 is 5.69 Å². The molecule has 172 valence electrons. The molecule has 4 rings (SSSR count). The van der Waals surface area contributed by atoms with E-state index in [0.29, 0.717) is 12.3 Å². The van der Waals surface area contributed by atoms with Gasteiger partial charge in [-0.05, 0) is 63.3 Å². The Morgan fingerprint density at radius 1 is 1.61 bits per heavy atom. The minimum atomic E-state index is -2.72. The molecular formula is C20H30N3O5PS2. The number of nitrogens with zero attached hydrogens (tertiary/aromatic N) is 2. The number of aromatic nitrogens is 2. The Labute approximate surface area is 191 Å². The molecule has 0 bridgehead atoms. The number of aliphatic hydroxyl groups is 1. The molecule has 31 heavy (non-hydrogen) atoms. The van der Waals surface area contributed by atoms with E-state index in [1.165, 1.54) is 22.4 Å². The Morgan fingerprint density at radius 3 is 3.00 bits per heavy atom. The van der Waals surface area contributed by atoms with Gasteiger partial charge in [-0.25, -0.2) is 4.79 Å². The van der Waals surface area contributed by atoms with Crippen LogP contribution in [0.25, 0.3) is 0 Å². The Hall–Kier alpha value is -0.740. The molecular weight excluding hydrogens is 457 g/mol. The highest BCUT2D eigenvalue weighted by Gasteiger charge is 2.56. The Morgan fingerprint density at radius 2 is 2.35 bits per heavy atom. The molecule has 0 aromatic carbocycles. The van der Waals surface area contributed by atoms with Crippen LogP contribution in [0.3, 0.4) is 0 Å². The van der Waals surface area contributed by atoms with E-state index in [0.717, 1.165) is 19.3 Å². The first-order chi connectivity index (χ1) is 14.5. The van der Waals surface area contributed by atoms with Gasteiger partial charge in [0.05, 0.1) is 12.2 Å². The molecule has 0 spiro atoms. The topological polar surface area (TPSA) is 109 Å². The molecule has 8 atom stereocenters. The highest BCUT2D eigenvalue weighted by atomic mass is 32.9. The van der Waals surface area contributed by atoms with Crippen LogP contribution in [0.4, 0.5) is 5.82 Å². The van der Waals surface area contributed by atoms with Crippen molar-refractivity contribution in [3.05, 3.63) is 34.9 Å². The zero-order valence-electron chi connectivity index (χ0n) is 18.0. The molecule has 3 fully saturated rings. The quantitative estimate of drug-likeness (QED) is 0.477. The zero-order chi connectivity index (χ0) is 22.6. The van der Waals surface area contributed by atoms with Gasteiger partial charge in [-0.3, -0.25) is 4.57 Å². The monoisotopic (exact) mass is 487 g/mol. The van der Waals surface area contributed by atoms with Gasteiger partial charge in [0.2, 0.25) is 5.69 Å². The van der Waals surface area contributed by atoms with Gasteiger partial charge in [-0.1, -0.05) is 30.5 Å². The number of allylic oxidation sites excluding steroid dienone is 1. The number of ether oxygens (including phenoxy) is 1. The predicted octanol–water partition coefficient (Wildman–Crippen LogP) is 3.37. The van der Waals surface area contributed by atoms with Gasteiger partial charge < -0.3 is 24.6 Å². The fraction of sp³-hybridized carbons (Fsp3) is 0.700. The van der Waals surface area contributed by atoms with Gasteiger partial charge in [-0.2, -0.15) is 4.98 Å². The van der Waals surface area contributed by atoms with E-state index < -0.39 is 35.9 Å². The molecule has 8 nitrogen and oxygen atoms in total. The zero-order valence-corrected chi connectivity index (χ0v) is 20.5. The Balaban J connectivity index is 1.53. The van der Waals surface area contributed by atoms with Crippen LogP contribution in [0.5, 0.6) is 0 Å². The first kappa shape index (κ1) is 23.4. The lowest BCUT2D eigenvalue weighted by Gasteiger charge is -2.37. The van der Waals surface area contributed by atoms with Crippen LogP contribution in [-0.4, -0.2) is 43.8 Å². The van der Waals surface area contributed by atoms with Gasteiger partial charge in [0.15, 0.2) is 6.23 Å². The number of anilines is 1. The average molecular weight is 488 g/mol. The lowest BCUT2D eigenvalue weighted by Crippen LogP contribution is -2.39. The standard InChI is InChI=1S/C20H30N3O5PS2/c1-5-13-17(16(24)18(26-13)23-9-7-15(21)22-19(23)25)28-29(30)27-14-10-12(11(2)3)6-8-20(14,4)31-29/h7,9,12-14,16-18,24H,2,5-6,8,10H2,1,3-4H3,(H2,21,22,25)/t12-,13+,14+,16+,17+,18+,20+,29-/m0/s1. The van der Waals surface area contributed by atoms with Crippen LogP contribution in [0.2, 0.25) is 0 Å². The molecule has 11 heteroatoms. The smallest absolute Gasteiger partial charge is 0.351 e. The number of nitrogen functional groups attached to an aromatic ring is 1. The van der Waals surface area contributed by atoms with E-state index in [4.69, 9.17) is 31.3 Å². The molecule has 0 unspecified atom stereocenters. The van der Waals surface area contributed by atoms with Crippen LogP contribution in [0.15, 0.2) is 29.2 Å². The Bertz CT molecular complexity index is 974. The minimum absolute atomic E-state index is 0.00182. The summed E-state index contributed by atoms with van der Waals surface area (Å²) in [5.41, 5.74) is 3.45. The molecule has 0 radical (unpaired) electrons. The summed E-state index contributed by atoms with van der Waals surface area (Å²) in [5.74, 6) is 0.543. The summed E-state index contributed by atoms with van der Waals surface area (Å²) in [6.07, 6.45) is 1.87. The van der Waals surface area contributed by atoms with Crippen LogP contribution in [-0.2, 0) is 25.6 Å². The maximum absolute atomic E-state index is 12.3. The van der Waals surface area contributed by atoms with E-state index >= 15 is 0 Å². The summed E-state index contributed by atoms with van der Waals surface area (Å²) in [6.45, 7) is 10.3. The van der Waals surface area contributed by atoms with E-state index in [1.807, 2.05) is 6.92 Å². The average Bonchev–Trinajstić information content (AvgIpc) is 3.14. The molecule has 1 saturated carbocycles. The Kier molecular flexibility index (Phi) is 6.46. The molecule has 3 aliphatic rings. The van der Waals surface area contributed by atoms with Crippen molar-refractivity contribution in [2.45, 2.75) is 81.8 Å². The lowest BCUT2D eigenvalue weighted by atomic mass is 9.77. The molecule has 2 aliphatic heterocycles. The van der Waals surface area contributed by atoms with E-state index in [2.05, 4.69) is 25.4 Å². The van der Waals surface area contributed by atoms with Crippen molar-refractivity contribution in [1.82, 2.24) is 9.55 Å². The van der Waals surface area contributed by atoms with Gasteiger partial charge in [0, 0.05) is 10.9 Å². The second-order valence-electron chi connectivity index (χ2n) is 8.84. The highest BCUT2D eigenvalue weighted by molar-refractivity contribution is 8.68. The number of hydrogen-bond donors (Lipinski definition) is 2. The van der Waals surface area contributed by atoms with Gasteiger partial charge in [-0.15, -0.1) is 0 Å². The van der Waals surface area contributed by atoms with Crippen LogP contribution in [0.1, 0.15) is 52.7 Å². The minimum Gasteiger partial charge on any atom is -0.386 e. The van der Waals surface area contributed by atoms with Crippen molar-refractivity contribution in [3.63, 3.8) is 0 Å². The SMILES string of the molecule is C=C(C)[C@H]1CC[C@@]2(C)S[P@](=S)(O[C@H]3[C@@H](O)[C@H](n4ccc(N)nc4=O)O[C@@H]3CC)O[C@@H]2C1. The molecule has 2 saturated heterocycles. The first-order valence-corrected chi connectivity index (χ1v) is 14.6. The predicted molar refractivity (Wildman–Crippen MR) is 125 cm³/mol. The van der Waals surface area contributed by atoms with Crippen molar-refractivity contribution < 1.29 is 18.9 Å². The molecule has 3 heterocycles. The van der Waals surface area contributed by atoms with Crippen molar-refractivity contribution in [1.29, 1.82) is 0 Å².